The van der Waals surface area contributed by atoms with Crippen LogP contribution in [0.2, 0.25) is 0 Å². The van der Waals surface area contributed by atoms with Crippen molar-refractivity contribution in [3.8, 4) is 0 Å². The van der Waals surface area contributed by atoms with Gasteiger partial charge in [0.2, 0.25) is 0 Å². The Labute approximate surface area is 120 Å². The zero-order valence-electron chi connectivity index (χ0n) is 12.2. The number of aromatic amines is 1. The van der Waals surface area contributed by atoms with Crippen LogP contribution in [-0.2, 0) is 13.1 Å². The summed E-state index contributed by atoms with van der Waals surface area (Å²) in [4.78, 5) is 9.71. The van der Waals surface area contributed by atoms with Crippen LogP contribution < -0.4 is 0 Å². The maximum Gasteiger partial charge on any atom is 0.120 e. The van der Waals surface area contributed by atoms with E-state index in [0.29, 0.717) is 0 Å². The zero-order valence-corrected chi connectivity index (χ0v) is 12.2. The van der Waals surface area contributed by atoms with Gasteiger partial charge in [-0.2, -0.15) is 0 Å². The van der Waals surface area contributed by atoms with Gasteiger partial charge in [-0.25, -0.2) is 4.98 Å². The Hall–Kier alpha value is -1.65. The molecule has 0 fully saturated rings. The number of hydrogen-bond acceptors (Lipinski definition) is 3. The Kier molecular flexibility index (Phi) is 5.32. The SMILES string of the molecule is CC[C@@H](CO)N(Cc1ncc[nH]1)Cc1ccccc1C. The Morgan fingerprint density at radius 3 is 2.70 bits per heavy atom. The van der Waals surface area contributed by atoms with Crippen molar-refractivity contribution in [1.29, 1.82) is 0 Å². The monoisotopic (exact) mass is 273 g/mol. The predicted molar refractivity (Wildman–Crippen MR) is 80.2 cm³/mol. The Morgan fingerprint density at radius 1 is 1.30 bits per heavy atom. The van der Waals surface area contributed by atoms with Gasteiger partial charge in [0.25, 0.3) is 0 Å². The van der Waals surface area contributed by atoms with Gasteiger partial charge in [0, 0.05) is 25.0 Å². The highest BCUT2D eigenvalue weighted by Crippen LogP contribution is 2.16. The van der Waals surface area contributed by atoms with Gasteiger partial charge in [-0.05, 0) is 24.5 Å². The predicted octanol–water partition coefficient (Wildman–Crippen LogP) is 2.49. The molecule has 108 valence electrons. The summed E-state index contributed by atoms with van der Waals surface area (Å²) in [5.41, 5.74) is 2.58. The quantitative estimate of drug-likeness (QED) is 0.815. The number of aryl methyl sites for hydroxylation is 1. The number of aliphatic hydroxyl groups excluding tert-OH is 1. The molecule has 1 heterocycles. The highest BCUT2D eigenvalue weighted by molar-refractivity contribution is 5.25. The molecule has 1 atom stereocenters. The second-order valence-corrected chi connectivity index (χ2v) is 5.11. The first-order valence-corrected chi connectivity index (χ1v) is 7.12. The lowest BCUT2D eigenvalue weighted by Gasteiger charge is -2.29. The summed E-state index contributed by atoms with van der Waals surface area (Å²) in [5.74, 6) is 0.936. The molecule has 4 heteroatoms. The van der Waals surface area contributed by atoms with Crippen LogP contribution >= 0.6 is 0 Å². The molecule has 0 aliphatic rings. The van der Waals surface area contributed by atoms with Gasteiger partial charge in [-0.3, -0.25) is 4.90 Å². The Bertz CT molecular complexity index is 506. The van der Waals surface area contributed by atoms with E-state index in [-0.39, 0.29) is 12.6 Å². The van der Waals surface area contributed by atoms with Gasteiger partial charge >= 0.3 is 0 Å². The van der Waals surface area contributed by atoms with Crippen molar-refractivity contribution >= 4 is 0 Å². The minimum atomic E-state index is 0.153. The van der Waals surface area contributed by atoms with Crippen LogP contribution in [0.4, 0.5) is 0 Å². The molecule has 0 aliphatic heterocycles. The molecule has 1 aromatic heterocycles. The maximum absolute atomic E-state index is 9.60. The van der Waals surface area contributed by atoms with Crippen LogP contribution in [-0.4, -0.2) is 32.6 Å². The molecule has 0 radical (unpaired) electrons. The fourth-order valence-corrected chi connectivity index (χ4v) is 2.40. The van der Waals surface area contributed by atoms with E-state index >= 15 is 0 Å². The number of hydrogen-bond donors (Lipinski definition) is 2. The third-order valence-electron chi connectivity index (χ3n) is 3.74. The number of rotatable bonds is 7. The van der Waals surface area contributed by atoms with E-state index in [0.717, 1.165) is 25.3 Å². The molecule has 0 unspecified atom stereocenters. The summed E-state index contributed by atoms with van der Waals surface area (Å²) >= 11 is 0. The molecule has 0 bridgehead atoms. The van der Waals surface area contributed by atoms with Crippen molar-refractivity contribution in [3.63, 3.8) is 0 Å². The van der Waals surface area contributed by atoms with Gasteiger partial charge in [0.05, 0.1) is 13.2 Å². The van der Waals surface area contributed by atoms with E-state index in [1.54, 1.807) is 6.20 Å². The summed E-state index contributed by atoms with van der Waals surface area (Å²) in [6, 6.07) is 8.54. The molecule has 0 amide bonds. The summed E-state index contributed by atoms with van der Waals surface area (Å²) in [6.45, 7) is 5.95. The minimum absolute atomic E-state index is 0.153. The molecule has 20 heavy (non-hydrogen) atoms. The number of aliphatic hydroxyl groups is 1. The van der Waals surface area contributed by atoms with E-state index in [4.69, 9.17) is 0 Å². The molecule has 4 nitrogen and oxygen atoms in total. The Morgan fingerprint density at radius 2 is 2.10 bits per heavy atom. The standard InChI is InChI=1S/C16H23N3O/c1-3-15(12-20)19(11-16-17-8-9-18-16)10-14-7-5-4-6-13(14)2/h4-9,15,20H,3,10-12H2,1-2H3,(H,17,18)/t15-/m0/s1. The molecular formula is C16H23N3O. The van der Waals surface area contributed by atoms with E-state index in [9.17, 15) is 5.11 Å². The van der Waals surface area contributed by atoms with E-state index < -0.39 is 0 Å². The fraction of sp³-hybridized carbons (Fsp3) is 0.438. The lowest BCUT2D eigenvalue weighted by molar-refractivity contribution is 0.104. The smallest absolute Gasteiger partial charge is 0.120 e. The van der Waals surface area contributed by atoms with Gasteiger partial charge in [0.1, 0.15) is 5.82 Å². The summed E-state index contributed by atoms with van der Waals surface area (Å²) in [6.07, 6.45) is 4.52. The molecule has 2 rings (SSSR count). The summed E-state index contributed by atoms with van der Waals surface area (Å²) in [7, 11) is 0. The first-order valence-electron chi connectivity index (χ1n) is 7.12. The number of nitrogens with zero attached hydrogens (tertiary/aromatic N) is 2. The number of aromatic nitrogens is 2. The Balaban J connectivity index is 2.15. The zero-order chi connectivity index (χ0) is 14.4. The summed E-state index contributed by atoms with van der Waals surface area (Å²) < 4.78 is 0. The van der Waals surface area contributed by atoms with E-state index in [1.165, 1.54) is 11.1 Å². The molecular weight excluding hydrogens is 250 g/mol. The van der Waals surface area contributed by atoms with Crippen LogP contribution in [0.15, 0.2) is 36.7 Å². The molecule has 0 spiro atoms. The molecule has 1 aromatic carbocycles. The third kappa shape index (κ3) is 3.68. The third-order valence-corrected chi connectivity index (χ3v) is 3.74. The van der Waals surface area contributed by atoms with E-state index in [1.807, 2.05) is 6.20 Å². The molecule has 2 aromatic rings. The molecule has 0 saturated carbocycles. The molecule has 2 N–H and O–H groups in total. The van der Waals surface area contributed by atoms with Crippen LogP contribution in [0.25, 0.3) is 0 Å². The molecule has 0 saturated heterocycles. The number of nitrogens with one attached hydrogen (secondary N) is 1. The molecule has 0 aliphatic carbocycles. The van der Waals surface area contributed by atoms with Crippen LogP contribution in [0.5, 0.6) is 0 Å². The topological polar surface area (TPSA) is 52.1 Å². The highest BCUT2D eigenvalue weighted by atomic mass is 16.3. The largest absolute Gasteiger partial charge is 0.395 e. The van der Waals surface area contributed by atoms with Crippen molar-refractivity contribution < 1.29 is 5.11 Å². The lowest BCUT2D eigenvalue weighted by Crippen LogP contribution is -2.37. The number of imidazole rings is 1. The first kappa shape index (κ1) is 14.8. The van der Waals surface area contributed by atoms with Crippen molar-refractivity contribution in [2.45, 2.75) is 39.4 Å². The van der Waals surface area contributed by atoms with Gasteiger partial charge < -0.3 is 10.1 Å². The highest BCUT2D eigenvalue weighted by Gasteiger charge is 2.18. The average molecular weight is 273 g/mol. The maximum atomic E-state index is 9.60. The van der Waals surface area contributed by atoms with Crippen molar-refractivity contribution in [2.75, 3.05) is 6.61 Å². The van der Waals surface area contributed by atoms with Crippen LogP contribution in [0, 0.1) is 6.92 Å². The summed E-state index contributed by atoms with van der Waals surface area (Å²) in [5, 5.41) is 9.60. The number of benzene rings is 1. The second kappa shape index (κ2) is 7.22. The van der Waals surface area contributed by atoms with Crippen molar-refractivity contribution in [3.05, 3.63) is 53.6 Å². The van der Waals surface area contributed by atoms with Gasteiger partial charge in [-0.15, -0.1) is 0 Å². The van der Waals surface area contributed by atoms with Gasteiger partial charge in [-0.1, -0.05) is 31.2 Å². The normalized spacial score (nSPS) is 12.8. The van der Waals surface area contributed by atoms with Gasteiger partial charge in [0.15, 0.2) is 0 Å². The first-order chi connectivity index (χ1) is 9.74. The van der Waals surface area contributed by atoms with E-state index in [2.05, 4.69) is 53.0 Å². The lowest BCUT2D eigenvalue weighted by atomic mass is 10.1. The second-order valence-electron chi connectivity index (χ2n) is 5.11. The minimum Gasteiger partial charge on any atom is -0.395 e. The van der Waals surface area contributed by atoms with Crippen molar-refractivity contribution in [1.82, 2.24) is 14.9 Å². The number of H-pyrrole nitrogens is 1. The van der Waals surface area contributed by atoms with Crippen LogP contribution in [0.1, 0.15) is 30.3 Å². The fourth-order valence-electron chi connectivity index (χ4n) is 2.40. The van der Waals surface area contributed by atoms with Crippen LogP contribution in [0.3, 0.4) is 0 Å². The van der Waals surface area contributed by atoms with Crippen molar-refractivity contribution in [2.24, 2.45) is 0 Å². The average Bonchev–Trinajstić information content (AvgIpc) is 2.95.